The number of amides is 2. The summed E-state index contributed by atoms with van der Waals surface area (Å²) >= 11 is 0. The fourth-order valence-electron chi connectivity index (χ4n) is 3.36. The number of hydrogen-bond acceptors (Lipinski definition) is 3. The van der Waals surface area contributed by atoms with E-state index in [9.17, 15) is 4.79 Å². The summed E-state index contributed by atoms with van der Waals surface area (Å²) in [5.74, 6) is 0.687. The van der Waals surface area contributed by atoms with Gasteiger partial charge in [0, 0.05) is 18.8 Å². The number of aliphatic hydroxyl groups excluding tert-OH is 1. The number of carbonyl (C=O) groups is 1. The lowest BCUT2D eigenvalue weighted by Gasteiger charge is -2.33. The summed E-state index contributed by atoms with van der Waals surface area (Å²) in [6.45, 7) is 10.3. The lowest BCUT2D eigenvalue weighted by atomic mass is 9.92. The molecule has 2 amide bonds. The van der Waals surface area contributed by atoms with Crippen LogP contribution in [0.3, 0.4) is 0 Å². The molecule has 25 heavy (non-hydrogen) atoms. The van der Waals surface area contributed by atoms with E-state index in [0.29, 0.717) is 25.0 Å². The molecule has 0 saturated carbocycles. The topological polar surface area (TPSA) is 61.8 Å². The van der Waals surface area contributed by atoms with Gasteiger partial charge in [-0.25, -0.2) is 4.79 Å². The summed E-state index contributed by atoms with van der Waals surface area (Å²) in [6.07, 6.45) is 1.87. The van der Waals surface area contributed by atoms with Gasteiger partial charge in [0.15, 0.2) is 0 Å². The molecule has 5 nitrogen and oxygen atoms in total. The number of ether oxygens (including phenoxy) is 1. The van der Waals surface area contributed by atoms with E-state index in [1.807, 2.05) is 4.90 Å². The van der Waals surface area contributed by atoms with E-state index >= 15 is 0 Å². The van der Waals surface area contributed by atoms with Gasteiger partial charge in [-0.2, -0.15) is 0 Å². The predicted octanol–water partition coefficient (Wildman–Crippen LogP) is 3.94. The van der Waals surface area contributed by atoms with Crippen molar-refractivity contribution < 1.29 is 14.6 Å². The largest absolute Gasteiger partial charge is 0.394 e. The molecule has 1 saturated heterocycles. The van der Waals surface area contributed by atoms with Crippen LogP contribution in [-0.2, 0) is 4.74 Å². The highest BCUT2D eigenvalue weighted by Gasteiger charge is 2.25. The van der Waals surface area contributed by atoms with Crippen molar-refractivity contribution in [3.05, 3.63) is 29.3 Å². The highest BCUT2D eigenvalue weighted by molar-refractivity contribution is 5.91. The first-order valence-corrected chi connectivity index (χ1v) is 9.35. The fourth-order valence-corrected chi connectivity index (χ4v) is 3.36. The Labute approximate surface area is 151 Å². The third-order valence-corrected chi connectivity index (χ3v) is 4.72. The van der Waals surface area contributed by atoms with E-state index in [1.165, 1.54) is 11.1 Å². The van der Waals surface area contributed by atoms with Crippen LogP contribution < -0.4 is 5.32 Å². The highest BCUT2D eigenvalue weighted by atomic mass is 16.5. The number of nitrogens with zero attached hydrogens (tertiary/aromatic N) is 1. The van der Waals surface area contributed by atoms with Gasteiger partial charge in [0.1, 0.15) is 0 Å². The third kappa shape index (κ3) is 5.19. The van der Waals surface area contributed by atoms with Crippen LogP contribution >= 0.6 is 0 Å². The molecule has 0 aromatic heterocycles. The predicted molar refractivity (Wildman–Crippen MR) is 101 cm³/mol. The Kier molecular flexibility index (Phi) is 7.26. The second kappa shape index (κ2) is 9.20. The van der Waals surface area contributed by atoms with Crippen LogP contribution in [0.5, 0.6) is 0 Å². The standard InChI is InChI=1S/C20H32N2O3/c1-14(2)17-8-5-9-18(15(3)4)19(17)21-20(24)22-10-6-7-16(13-22)25-12-11-23/h5,8-9,14-16,23H,6-7,10-13H2,1-4H3,(H,21,24)/t16-/m1/s1. The van der Waals surface area contributed by atoms with Crippen molar-refractivity contribution in [1.29, 1.82) is 0 Å². The molecule has 140 valence electrons. The Hall–Kier alpha value is -1.59. The molecule has 2 rings (SSSR count). The summed E-state index contributed by atoms with van der Waals surface area (Å²) in [5, 5.41) is 12.1. The van der Waals surface area contributed by atoms with Crippen molar-refractivity contribution in [2.24, 2.45) is 0 Å². The lowest BCUT2D eigenvalue weighted by Crippen LogP contribution is -2.45. The number of carbonyl (C=O) groups excluding carboxylic acids is 1. The number of anilines is 1. The minimum absolute atomic E-state index is 0.0107. The Bertz CT molecular complexity index is 546. The average molecular weight is 348 g/mol. The van der Waals surface area contributed by atoms with Crippen LogP contribution in [0.2, 0.25) is 0 Å². The molecule has 5 heteroatoms. The normalized spacial score (nSPS) is 18.0. The van der Waals surface area contributed by atoms with Gasteiger partial charge in [-0.15, -0.1) is 0 Å². The van der Waals surface area contributed by atoms with Crippen LogP contribution in [-0.4, -0.2) is 48.4 Å². The number of piperidine rings is 1. The zero-order valence-corrected chi connectivity index (χ0v) is 15.9. The van der Waals surface area contributed by atoms with Crippen LogP contribution in [0.1, 0.15) is 63.5 Å². The fraction of sp³-hybridized carbons (Fsp3) is 0.650. The van der Waals surface area contributed by atoms with Crippen molar-refractivity contribution >= 4 is 11.7 Å². The molecule has 1 fully saturated rings. The first kappa shape index (κ1) is 19.7. The van der Waals surface area contributed by atoms with Gasteiger partial charge in [0.2, 0.25) is 0 Å². The maximum Gasteiger partial charge on any atom is 0.321 e. The van der Waals surface area contributed by atoms with Gasteiger partial charge in [0.05, 0.1) is 19.3 Å². The minimum atomic E-state index is -0.0627. The molecule has 1 atom stereocenters. The lowest BCUT2D eigenvalue weighted by molar-refractivity contribution is -0.00462. The second-order valence-electron chi connectivity index (χ2n) is 7.36. The second-order valence-corrected chi connectivity index (χ2v) is 7.36. The molecule has 0 unspecified atom stereocenters. The molecule has 0 bridgehead atoms. The van der Waals surface area contributed by atoms with Crippen molar-refractivity contribution in [1.82, 2.24) is 4.90 Å². The van der Waals surface area contributed by atoms with Gasteiger partial charge in [-0.1, -0.05) is 45.9 Å². The van der Waals surface area contributed by atoms with Gasteiger partial charge in [-0.05, 0) is 35.8 Å². The molecule has 0 radical (unpaired) electrons. The number of benzene rings is 1. The van der Waals surface area contributed by atoms with Crippen LogP contribution in [0, 0.1) is 0 Å². The van der Waals surface area contributed by atoms with Crippen molar-refractivity contribution in [2.45, 2.75) is 58.5 Å². The number of urea groups is 1. The van der Waals surface area contributed by atoms with Gasteiger partial charge in [0.25, 0.3) is 0 Å². The summed E-state index contributed by atoms with van der Waals surface area (Å²) < 4.78 is 5.61. The molecule has 0 spiro atoms. The quantitative estimate of drug-likeness (QED) is 0.818. The molecular formula is C20H32N2O3. The van der Waals surface area contributed by atoms with Crippen molar-refractivity contribution in [3.63, 3.8) is 0 Å². The maximum atomic E-state index is 12.8. The zero-order chi connectivity index (χ0) is 18.4. The van der Waals surface area contributed by atoms with Gasteiger partial charge in [-0.3, -0.25) is 0 Å². The zero-order valence-electron chi connectivity index (χ0n) is 15.9. The van der Waals surface area contributed by atoms with Crippen LogP contribution in [0.25, 0.3) is 0 Å². The molecule has 1 aliphatic rings. The van der Waals surface area contributed by atoms with Crippen molar-refractivity contribution in [3.8, 4) is 0 Å². The van der Waals surface area contributed by atoms with Crippen LogP contribution in [0.4, 0.5) is 10.5 Å². The summed E-state index contributed by atoms with van der Waals surface area (Å²) in [5.41, 5.74) is 3.30. The Morgan fingerprint density at radius 1 is 1.28 bits per heavy atom. The van der Waals surface area contributed by atoms with E-state index in [-0.39, 0.29) is 18.7 Å². The Morgan fingerprint density at radius 3 is 2.48 bits per heavy atom. The van der Waals surface area contributed by atoms with Gasteiger partial charge >= 0.3 is 6.03 Å². The first-order valence-electron chi connectivity index (χ1n) is 9.35. The monoisotopic (exact) mass is 348 g/mol. The summed E-state index contributed by atoms with van der Waals surface area (Å²) in [4.78, 5) is 14.7. The molecule has 1 aromatic rings. The maximum absolute atomic E-state index is 12.8. The molecular weight excluding hydrogens is 316 g/mol. The molecule has 0 aliphatic carbocycles. The third-order valence-electron chi connectivity index (χ3n) is 4.72. The van der Waals surface area contributed by atoms with E-state index in [2.05, 4.69) is 51.2 Å². The smallest absolute Gasteiger partial charge is 0.321 e. The SMILES string of the molecule is CC(C)c1cccc(C(C)C)c1NC(=O)N1CCC[C@@H](OCCO)C1. The van der Waals surface area contributed by atoms with Gasteiger partial charge < -0.3 is 20.1 Å². The summed E-state index contributed by atoms with van der Waals surface area (Å²) in [6, 6.07) is 6.19. The van der Waals surface area contributed by atoms with E-state index < -0.39 is 0 Å². The van der Waals surface area contributed by atoms with Crippen LogP contribution in [0.15, 0.2) is 18.2 Å². The Morgan fingerprint density at radius 2 is 1.92 bits per heavy atom. The molecule has 1 aliphatic heterocycles. The number of hydrogen-bond donors (Lipinski definition) is 2. The molecule has 1 heterocycles. The Balaban J connectivity index is 2.14. The van der Waals surface area contributed by atoms with E-state index in [0.717, 1.165) is 25.1 Å². The number of rotatable bonds is 6. The van der Waals surface area contributed by atoms with Crippen molar-refractivity contribution in [2.75, 3.05) is 31.6 Å². The highest BCUT2D eigenvalue weighted by Crippen LogP contribution is 2.32. The number of nitrogens with one attached hydrogen (secondary N) is 1. The molecule has 1 aromatic carbocycles. The number of para-hydroxylation sites is 1. The first-order chi connectivity index (χ1) is 11.9. The number of aliphatic hydroxyl groups is 1. The molecule has 2 N–H and O–H groups in total. The number of likely N-dealkylation sites (tertiary alicyclic amines) is 1. The van der Waals surface area contributed by atoms with E-state index in [4.69, 9.17) is 9.84 Å². The average Bonchev–Trinajstić information content (AvgIpc) is 2.59. The minimum Gasteiger partial charge on any atom is -0.394 e. The summed E-state index contributed by atoms with van der Waals surface area (Å²) in [7, 11) is 0. The van der Waals surface area contributed by atoms with E-state index in [1.54, 1.807) is 0 Å².